The molecule has 0 bridgehead atoms. The number of methoxy groups -OCH3 is 2. The Morgan fingerprint density at radius 2 is 2.09 bits per heavy atom. The summed E-state index contributed by atoms with van der Waals surface area (Å²) in [5.74, 6) is 1.82. The molecular formula is C16H21N3O2S. The lowest BCUT2D eigenvalue weighted by Gasteiger charge is -2.27. The number of hydrogen-bond donors (Lipinski definition) is 1. The summed E-state index contributed by atoms with van der Waals surface area (Å²) in [5.41, 5.74) is 3.57. The summed E-state index contributed by atoms with van der Waals surface area (Å²) in [5, 5.41) is 0. The van der Waals surface area contributed by atoms with Crippen LogP contribution in [-0.2, 0) is 19.5 Å². The predicted octanol–water partition coefficient (Wildman–Crippen LogP) is 2.71. The maximum Gasteiger partial charge on any atom is 0.132 e. The quantitative estimate of drug-likeness (QED) is 0.859. The Bertz CT molecular complexity index is 657. The van der Waals surface area contributed by atoms with Gasteiger partial charge in [-0.3, -0.25) is 4.90 Å². The molecule has 0 saturated carbocycles. The minimum absolute atomic E-state index is 0.840. The molecule has 3 rings (SSSR count). The molecule has 0 unspecified atom stereocenters. The molecule has 2 heterocycles. The lowest BCUT2D eigenvalue weighted by atomic mass is 10.1. The van der Waals surface area contributed by atoms with Crippen molar-refractivity contribution in [1.29, 1.82) is 0 Å². The molecule has 1 aromatic heterocycles. The van der Waals surface area contributed by atoms with Gasteiger partial charge in [0.1, 0.15) is 11.5 Å². The van der Waals surface area contributed by atoms with E-state index in [2.05, 4.69) is 27.0 Å². The number of aromatic amines is 1. The van der Waals surface area contributed by atoms with Gasteiger partial charge in [0.15, 0.2) is 0 Å². The van der Waals surface area contributed by atoms with E-state index in [-0.39, 0.29) is 0 Å². The molecule has 0 saturated heterocycles. The van der Waals surface area contributed by atoms with Crippen molar-refractivity contribution in [3.05, 3.63) is 35.4 Å². The summed E-state index contributed by atoms with van der Waals surface area (Å²) in [6.07, 6.45) is 4.81. The van der Waals surface area contributed by atoms with Crippen molar-refractivity contribution in [3.8, 4) is 11.5 Å². The average Bonchev–Trinajstić information content (AvgIpc) is 3.02. The van der Waals surface area contributed by atoms with Gasteiger partial charge >= 0.3 is 0 Å². The second-order valence-electron chi connectivity index (χ2n) is 5.31. The van der Waals surface area contributed by atoms with Crippen LogP contribution in [0.5, 0.6) is 11.5 Å². The van der Waals surface area contributed by atoms with E-state index in [1.165, 1.54) is 11.4 Å². The number of thioether (sulfide) groups is 1. The van der Waals surface area contributed by atoms with E-state index in [0.29, 0.717) is 0 Å². The maximum atomic E-state index is 5.57. The van der Waals surface area contributed by atoms with Crippen LogP contribution in [0.1, 0.15) is 17.0 Å². The van der Waals surface area contributed by atoms with Crippen LogP contribution in [0.15, 0.2) is 23.4 Å². The van der Waals surface area contributed by atoms with E-state index in [0.717, 1.165) is 48.0 Å². The van der Waals surface area contributed by atoms with Gasteiger partial charge in [-0.05, 0) is 18.4 Å². The van der Waals surface area contributed by atoms with Gasteiger partial charge in [-0.15, -0.1) is 11.8 Å². The van der Waals surface area contributed by atoms with Crippen LogP contribution in [0.3, 0.4) is 0 Å². The number of nitrogens with zero attached hydrogens (tertiary/aromatic N) is 2. The fourth-order valence-electron chi connectivity index (χ4n) is 2.86. The number of imidazole rings is 1. The third kappa shape index (κ3) is 2.94. The van der Waals surface area contributed by atoms with E-state index in [9.17, 15) is 0 Å². The number of hydrogen-bond acceptors (Lipinski definition) is 5. The van der Waals surface area contributed by atoms with Gasteiger partial charge in [0.25, 0.3) is 0 Å². The highest BCUT2D eigenvalue weighted by Gasteiger charge is 2.20. The van der Waals surface area contributed by atoms with Crippen molar-refractivity contribution < 1.29 is 9.47 Å². The van der Waals surface area contributed by atoms with Crippen LogP contribution in [0.25, 0.3) is 0 Å². The maximum absolute atomic E-state index is 5.57. The molecule has 6 heteroatoms. The van der Waals surface area contributed by atoms with Gasteiger partial charge in [-0.1, -0.05) is 0 Å². The van der Waals surface area contributed by atoms with E-state index in [4.69, 9.17) is 9.47 Å². The van der Waals surface area contributed by atoms with E-state index >= 15 is 0 Å². The Hall–Kier alpha value is -1.66. The van der Waals surface area contributed by atoms with Crippen molar-refractivity contribution in [2.75, 3.05) is 27.0 Å². The number of rotatable bonds is 5. The van der Waals surface area contributed by atoms with Gasteiger partial charge in [-0.2, -0.15) is 0 Å². The standard InChI is InChI=1S/C16H21N3O2S/c1-20-14-7-16(22-3)15(21-2)6-11(14)8-19-5-4-12-13(9-19)18-10-17-12/h6-7,10H,4-5,8-9H2,1-3H3,(H,17,18). The van der Waals surface area contributed by atoms with Crippen molar-refractivity contribution in [1.82, 2.24) is 14.9 Å². The highest BCUT2D eigenvalue weighted by molar-refractivity contribution is 7.98. The first-order valence-corrected chi connectivity index (χ1v) is 8.50. The molecule has 0 fully saturated rings. The van der Waals surface area contributed by atoms with E-state index < -0.39 is 0 Å². The van der Waals surface area contributed by atoms with Crippen molar-refractivity contribution in [2.24, 2.45) is 0 Å². The second kappa shape index (κ2) is 6.62. The van der Waals surface area contributed by atoms with Crippen molar-refractivity contribution >= 4 is 11.8 Å². The Morgan fingerprint density at radius 3 is 2.82 bits per heavy atom. The summed E-state index contributed by atoms with van der Waals surface area (Å²) in [6.45, 7) is 2.74. The Balaban J connectivity index is 1.83. The highest BCUT2D eigenvalue weighted by Crippen LogP contribution is 2.35. The fourth-order valence-corrected chi connectivity index (χ4v) is 3.43. The first-order chi connectivity index (χ1) is 10.7. The normalized spacial score (nSPS) is 14.7. The summed E-state index contributed by atoms with van der Waals surface area (Å²) in [7, 11) is 3.43. The fraction of sp³-hybridized carbons (Fsp3) is 0.438. The van der Waals surface area contributed by atoms with Crippen molar-refractivity contribution in [3.63, 3.8) is 0 Å². The Kier molecular flexibility index (Phi) is 4.59. The smallest absolute Gasteiger partial charge is 0.132 e. The molecule has 0 atom stereocenters. The molecule has 1 aromatic carbocycles. The molecule has 0 amide bonds. The molecule has 2 aromatic rings. The van der Waals surface area contributed by atoms with Crippen LogP contribution in [0.4, 0.5) is 0 Å². The zero-order valence-electron chi connectivity index (χ0n) is 13.2. The topological polar surface area (TPSA) is 50.4 Å². The molecule has 0 spiro atoms. The average molecular weight is 319 g/mol. The summed E-state index contributed by atoms with van der Waals surface area (Å²) in [6, 6.07) is 4.15. The largest absolute Gasteiger partial charge is 0.496 e. The van der Waals surface area contributed by atoms with Gasteiger partial charge < -0.3 is 14.5 Å². The lowest BCUT2D eigenvalue weighted by molar-refractivity contribution is 0.237. The zero-order chi connectivity index (χ0) is 15.5. The third-order valence-electron chi connectivity index (χ3n) is 4.03. The Morgan fingerprint density at radius 1 is 1.27 bits per heavy atom. The monoisotopic (exact) mass is 319 g/mol. The van der Waals surface area contributed by atoms with Crippen LogP contribution >= 0.6 is 11.8 Å². The van der Waals surface area contributed by atoms with Crippen LogP contribution in [0, 0.1) is 0 Å². The van der Waals surface area contributed by atoms with Gasteiger partial charge in [-0.25, -0.2) is 4.98 Å². The third-order valence-corrected chi connectivity index (χ3v) is 4.79. The molecule has 5 nitrogen and oxygen atoms in total. The number of benzene rings is 1. The number of nitrogens with one attached hydrogen (secondary N) is 1. The highest BCUT2D eigenvalue weighted by atomic mass is 32.2. The molecule has 22 heavy (non-hydrogen) atoms. The molecular weight excluding hydrogens is 298 g/mol. The second-order valence-corrected chi connectivity index (χ2v) is 6.16. The van der Waals surface area contributed by atoms with E-state index in [1.807, 2.05) is 6.26 Å². The predicted molar refractivity (Wildman–Crippen MR) is 87.7 cm³/mol. The lowest BCUT2D eigenvalue weighted by Crippen LogP contribution is -2.30. The minimum Gasteiger partial charge on any atom is -0.496 e. The zero-order valence-corrected chi connectivity index (χ0v) is 14.0. The van der Waals surface area contributed by atoms with Crippen molar-refractivity contribution in [2.45, 2.75) is 24.4 Å². The summed E-state index contributed by atoms with van der Waals surface area (Å²) >= 11 is 1.66. The molecule has 0 aliphatic carbocycles. The summed E-state index contributed by atoms with van der Waals surface area (Å²) < 4.78 is 11.1. The molecule has 1 N–H and O–H groups in total. The first kappa shape index (κ1) is 15.2. The van der Waals surface area contributed by atoms with Crippen LogP contribution in [0.2, 0.25) is 0 Å². The van der Waals surface area contributed by atoms with Gasteiger partial charge in [0.2, 0.25) is 0 Å². The Labute approximate surface area is 135 Å². The van der Waals surface area contributed by atoms with Crippen LogP contribution in [-0.4, -0.2) is 41.9 Å². The number of H-pyrrole nitrogens is 1. The number of aromatic nitrogens is 2. The molecule has 1 aliphatic rings. The molecule has 0 radical (unpaired) electrons. The van der Waals surface area contributed by atoms with Gasteiger partial charge in [0.05, 0.1) is 36.8 Å². The molecule has 1 aliphatic heterocycles. The van der Waals surface area contributed by atoms with Gasteiger partial charge in [0, 0.05) is 31.6 Å². The number of ether oxygens (including phenoxy) is 2. The SMILES string of the molecule is COc1cc(SC)c(OC)cc1CN1CCc2nc[nH]c2C1. The first-order valence-electron chi connectivity index (χ1n) is 7.27. The van der Waals surface area contributed by atoms with E-state index in [1.54, 1.807) is 32.3 Å². The molecule has 118 valence electrons. The number of fused-ring (bicyclic) bond motifs is 1. The van der Waals surface area contributed by atoms with Crippen LogP contribution < -0.4 is 9.47 Å². The summed E-state index contributed by atoms with van der Waals surface area (Å²) in [4.78, 5) is 11.1. The minimum atomic E-state index is 0.840.